The van der Waals surface area contributed by atoms with Crippen LogP contribution in [0.25, 0.3) is 0 Å². The number of rotatable bonds is 12. The van der Waals surface area contributed by atoms with E-state index in [1.165, 1.54) is 30.0 Å². The van der Waals surface area contributed by atoms with Gasteiger partial charge in [0.2, 0.25) is 5.95 Å². The van der Waals surface area contributed by atoms with Crippen molar-refractivity contribution in [3.8, 4) is 5.75 Å². The number of primary amides is 1. The highest BCUT2D eigenvalue weighted by Gasteiger charge is 2.20. The van der Waals surface area contributed by atoms with Crippen LogP contribution in [0.15, 0.2) is 42.6 Å². The van der Waals surface area contributed by atoms with Gasteiger partial charge in [0.1, 0.15) is 11.4 Å². The third-order valence-electron chi connectivity index (χ3n) is 6.18. The Hall–Kier alpha value is -3.99. The van der Waals surface area contributed by atoms with Crippen LogP contribution in [-0.4, -0.2) is 75.7 Å². The summed E-state index contributed by atoms with van der Waals surface area (Å²) in [6.45, 7) is 11.3. The predicted octanol–water partition coefficient (Wildman–Crippen LogP) is 3.31. The van der Waals surface area contributed by atoms with Crippen LogP contribution in [0.3, 0.4) is 0 Å². The molecule has 1 saturated heterocycles. The van der Waals surface area contributed by atoms with Gasteiger partial charge in [0, 0.05) is 24.9 Å². The van der Waals surface area contributed by atoms with Gasteiger partial charge in [-0.05, 0) is 80.9 Å². The number of carboxylic acid groups (broad SMARTS) is 2. The number of nitrogens with two attached hydrogens (primary N) is 1. The van der Waals surface area contributed by atoms with Crippen LogP contribution < -0.4 is 15.8 Å². The smallest absolute Gasteiger partial charge is 0.328 e. The second-order valence-corrected chi connectivity index (χ2v) is 9.71. The first-order chi connectivity index (χ1) is 18.5. The average molecular weight is 542 g/mol. The highest BCUT2D eigenvalue weighted by molar-refractivity contribution is 5.91. The van der Waals surface area contributed by atoms with E-state index in [0.717, 1.165) is 45.0 Å². The lowest BCUT2D eigenvalue weighted by atomic mass is 9.97. The van der Waals surface area contributed by atoms with E-state index in [1.54, 1.807) is 6.20 Å². The molecular weight excluding hydrogens is 502 g/mol. The Kier molecular flexibility index (Phi) is 12.9. The first kappa shape index (κ1) is 31.2. The second-order valence-electron chi connectivity index (χ2n) is 9.71. The second kappa shape index (κ2) is 16.1. The minimum Gasteiger partial charge on any atom is -0.493 e. The summed E-state index contributed by atoms with van der Waals surface area (Å²) in [6, 6.07) is 8.04. The highest BCUT2D eigenvalue weighted by atomic mass is 16.5. The molecule has 0 spiro atoms. The third kappa shape index (κ3) is 11.9. The summed E-state index contributed by atoms with van der Waals surface area (Å²) in [7, 11) is 0. The molecule has 212 valence electrons. The number of aliphatic carboxylic acids is 2. The molecule has 11 nitrogen and oxygen atoms in total. The fourth-order valence-corrected chi connectivity index (χ4v) is 4.05. The molecule has 39 heavy (non-hydrogen) atoms. The molecule has 5 N–H and O–H groups in total. The van der Waals surface area contributed by atoms with Gasteiger partial charge in [0.15, 0.2) is 0 Å². The van der Waals surface area contributed by atoms with Gasteiger partial charge >= 0.3 is 11.9 Å². The van der Waals surface area contributed by atoms with E-state index >= 15 is 0 Å². The Morgan fingerprint density at radius 3 is 2.41 bits per heavy atom. The molecule has 3 rings (SSSR count). The number of carbonyl (C=O) groups excluding carboxylic acids is 1. The van der Waals surface area contributed by atoms with Gasteiger partial charge in [0.05, 0.1) is 6.61 Å². The van der Waals surface area contributed by atoms with Crippen molar-refractivity contribution >= 4 is 23.8 Å². The molecule has 0 unspecified atom stereocenters. The number of carbonyl (C=O) groups is 3. The van der Waals surface area contributed by atoms with Gasteiger partial charge in [-0.15, -0.1) is 0 Å². The number of likely N-dealkylation sites (tertiary alicyclic amines) is 1. The molecule has 2 heterocycles. The fraction of sp³-hybridized carbons (Fsp3) is 0.464. The maximum absolute atomic E-state index is 11.2. The lowest BCUT2D eigenvalue weighted by Crippen LogP contribution is -2.36. The first-order valence-corrected chi connectivity index (χ1v) is 13.0. The predicted molar refractivity (Wildman–Crippen MR) is 148 cm³/mol. The first-order valence-electron chi connectivity index (χ1n) is 13.0. The molecule has 0 bridgehead atoms. The van der Waals surface area contributed by atoms with E-state index < -0.39 is 17.8 Å². The van der Waals surface area contributed by atoms with Crippen molar-refractivity contribution in [1.82, 2.24) is 14.9 Å². The zero-order chi connectivity index (χ0) is 28.8. The molecule has 1 fully saturated rings. The number of anilines is 1. The number of benzene rings is 1. The highest BCUT2D eigenvalue weighted by Crippen LogP contribution is 2.29. The summed E-state index contributed by atoms with van der Waals surface area (Å²) in [5, 5.41) is 18.8. The molecule has 2 aromatic rings. The average Bonchev–Trinajstić information content (AvgIpc) is 2.90. The molecular formula is C28H39N5O6. The summed E-state index contributed by atoms with van der Waals surface area (Å²) in [5.41, 5.74) is 8.02. The van der Waals surface area contributed by atoms with Gasteiger partial charge < -0.3 is 30.9 Å². The minimum atomic E-state index is -1.26. The summed E-state index contributed by atoms with van der Waals surface area (Å²) >= 11 is 0. The standard InChI is InChI=1S/C24H35N5O2.C4H4O4/c1-17(2)20-6-5-18(3)15-22(20)31-16-19-8-13-29(14-9-19)12-4-10-26-24-27-11-7-21(28-24)23(25)30;5-3(6)1-2-4(7)8/h5-7,11,15,17,19H,4,8-10,12-14,16H2,1-3H3,(H2,25,30)(H,26,27,28);1-2H,(H,5,6)(H,7,8)/b;2-1+. The summed E-state index contributed by atoms with van der Waals surface area (Å²) in [5.74, 6) is -0.482. The molecule has 1 aliphatic rings. The van der Waals surface area contributed by atoms with Crippen LogP contribution in [0.5, 0.6) is 5.75 Å². The van der Waals surface area contributed by atoms with Crippen LogP contribution in [-0.2, 0) is 9.59 Å². The van der Waals surface area contributed by atoms with Crippen LogP contribution in [0.2, 0.25) is 0 Å². The number of hydrogen-bond acceptors (Lipinski definition) is 8. The Morgan fingerprint density at radius 1 is 1.15 bits per heavy atom. The number of aryl methyl sites for hydroxylation is 1. The quantitative estimate of drug-likeness (QED) is 0.231. The molecule has 0 atom stereocenters. The molecule has 0 aliphatic carbocycles. The monoisotopic (exact) mass is 541 g/mol. The van der Waals surface area contributed by atoms with Crippen molar-refractivity contribution in [1.29, 1.82) is 0 Å². The number of amides is 1. The Morgan fingerprint density at radius 2 is 1.82 bits per heavy atom. The molecule has 1 amide bonds. The maximum Gasteiger partial charge on any atom is 0.328 e. The van der Waals surface area contributed by atoms with Gasteiger partial charge in [-0.3, -0.25) is 4.79 Å². The molecule has 0 radical (unpaired) electrons. The van der Waals surface area contributed by atoms with Crippen molar-refractivity contribution in [3.05, 3.63) is 59.4 Å². The SMILES string of the molecule is Cc1ccc(C(C)C)c(OCC2CCN(CCCNc3nccc(C(N)=O)n3)CC2)c1.O=C(O)/C=C/C(=O)O. The lowest BCUT2D eigenvalue weighted by Gasteiger charge is -2.32. The Bertz CT molecular complexity index is 1110. The van der Waals surface area contributed by atoms with Crippen LogP contribution in [0.4, 0.5) is 5.95 Å². The Labute approximate surface area is 229 Å². The normalized spacial score (nSPS) is 14.1. The van der Waals surface area contributed by atoms with E-state index in [2.05, 4.69) is 59.2 Å². The van der Waals surface area contributed by atoms with Gasteiger partial charge in [-0.1, -0.05) is 26.0 Å². The molecule has 0 saturated carbocycles. The van der Waals surface area contributed by atoms with Crippen molar-refractivity contribution in [2.24, 2.45) is 11.7 Å². The molecule has 1 aromatic carbocycles. The summed E-state index contributed by atoms with van der Waals surface area (Å²) in [4.78, 5) is 41.0. The lowest BCUT2D eigenvalue weighted by molar-refractivity contribution is -0.134. The van der Waals surface area contributed by atoms with Crippen LogP contribution in [0, 0.1) is 12.8 Å². The van der Waals surface area contributed by atoms with Gasteiger partial charge in [0.25, 0.3) is 5.91 Å². The number of hydrogen-bond donors (Lipinski definition) is 4. The van der Waals surface area contributed by atoms with E-state index in [0.29, 0.717) is 29.9 Å². The van der Waals surface area contributed by atoms with Gasteiger partial charge in [-0.25, -0.2) is 19.6 Å². The van der Waals surface area contributed by atoms with Crippen molar-refractivity contribution in [2.45, 2.75) is 46.0 Å². The molecule has 11 heteroatoms. The minimum absolute atomic E-state index is 0.230. The summed E-state index contributed by atoms with van der Waals surface area (Å²) < 4.78 is 6.25. The van der Waals surface area contributed by atoms with E-state index in [9.17, 15) is 14.4 Å². The van der Waals surface area contributed by atoms with E-state index in [4.69, 9.17) is 20.7 Å². The largest absolute Gasteiger partial charge is 0.493 e. The van der Waals surface area contributed by atoms with Crippen molar-refractivity contribution < 1.29 is 29.3 Å². The van der Waals surface area contributed by atoms with Gasteiger partial charge in [-0.2, -0.15) is 0 Å². The zero-order valence-electron chi connectivity index (χ0n) is 22.8. The third-order valence-corrected chi connectivity index (χ3v) is 6.18. The fourth-order valence-electron chi connectivity index (χ4n) is 4.05. The number of nitrogens with zero attached hydrogens (tertiary/aromatic N) is 3. The van der Waals surface area contributed by atoms with Crippen LogP contribution >= 0.6 is 0 Å². The van der Waals surface area contributed by atoms with Crippen molar-refractivity contribution in [3.63, 3.8) is 0 Å². The number of carboxylic acids is 2. The number of ether oxygens (including phenoxy) is 1. The van der Waals surface area contributed by atoms with E-state index in [1.807, 2.05) is 0 Å². The Balaban J connectivity index is 0.000000580. The number of piperidine rings is 1. The molecule has 1 aliphatic heterocycles. The maximum atomic E-state index is 11.2. The zero-order valence-corrected chi connectivity index (χ0v) is 22.8. The van der Waals surface area contributed by atoms with Crippen LogP contribution in [0.1, 0.15) is 60.6 Å². The molecule has 1 aromatic heterocycles. The summed E-state index contributed by atoms with van der Waals surface area (Å²) in [6.07, 6.45) is 5.99. The number of aromatic nitrogens is 2. The number of nitrogens with one attached hydrogen (secondary N) is 1. The van der Waals surface area contributed by atoms with Crippen molar-refractivity contribution in [2.75, 3.05) is 38.1 Å². The topological polar surface area (TPSA) is 168 Å². The van der Waals surface area contributed by atoms with E-state index in [-0.39, 0.29) is 5.69 Å².